The summed E-state index contributed by atoms with van der Waals surface area (Å²) in [4.78, 5) is 8.79. The Balaban J connectivity index is 2.50. The number of thioether (sulfide) groups is 1. The lowest BCUT2D eigenvalue weighted by Gasteiger charge is -2.11. The van der Waals surface area contributed by atoms with Gasteiger partial charge in [0.25, 0.3) is 0 Å². The number of aromatic nitrogens is 3. The molecule has 0 spiro atoms. The molecule has 0 aliphatic heterocycles. The normalized spacial score (nSPS) is 13.2. The van der Waals surface area contributed by atoms with E-state index in [1.54, 1.807) is 6.20 Å². The fourth-order valence-electron chi connectivity index (χ4n) is 1.66. The molecule has 1 atom stereocenters. The molecule has 0 saturated carbocycles. The molecule has 2 heterocycles. The lowest BCUT2D eigenvalue weighted by atomic mass is 10.4. The van der Waals surface area contributed by atoms with E-state index < -0.39 is 0 Å². The molecule has 17 heavy (non-hydrogen) atoms. The van der Waals surface area contributed by atoms with Crippen molar-refractivity contribution in [3.8, 4) is 0 Å². The highest BCUT2D eigenvalue weighted by molar-refractivity contribution is 7.99. The van der Waals surface area contributed by atoms with Crippen LogP contribution in [-0.4, -0.2) is 26.0 Å². The van der Waals surface area contributed by atoms with Crippen molar-refractivity contribution in [3.05, 3.63) is 23.1 Å². The molecule has 0 N–H and O–H groups in total. The van der Waals surface area contributed by atoms with Gasteiger partial charge in [-0.05, 0) is 12.3 Å². The van der Waals surface area contributed by atoms with Crippen LogP contribution in [0.2, 0.25) is 5.02 Å². The topological polar surface area (TPSA) is 30.7 Å². The third-order valence-electron chi connectivity index (χ3n) is 2.59. The Labute approximate surface area is 115 Å². The summed E-state index contributed by atoms with van der Waals surface area (Å²) >= 11 is 13.6. The van der Waals surface area contributed by atoms with Crippen LogP contribution in [0.5, 0.6) is 0 Å². The summed E-state index contributed by atoms with van der Waals surface area (Å²) in [6, 6.07) is 1.82. The van der Waals surface area contributed by atoms with Crippen molar-refractivity contribution in [2.24, 2.45) is 0 Å². The summed E-state index contributed by atoms with van der Waals surface area (Å²) in [6.45, 7) is 3.03. The number of nitrogens with zero attached hydrogens (tertiary/aromatic N) is 3. The van der Waals surface area contributed by atoms with Gasteiger partial charge in [0, 0.05) is 18.0 Å². The van der Waals surface area contributed by atoms with E-state index in [-0.39, 0.29) is 0 Å². The lowest BCUT2D eigenvalue weighted by molar-refractivity contribution is 0.679. The van der Waals surface area contributed by atoms with Crippen LogP contribution in [0.3, 0.4) is 0 Å². The van der Waals surface area contributed by atoms with E-state index in [9.17, 15) is 0 Å². The van der Waals surface area contributed by atoms with Crippen LogP contribution in [0.15, 0.2) is 12.3 Å². The standard InChI is InChI=1S/C11H13Cl2N3S/c1-7(17-2)6-16-10(4-12)15-9-3-8(13)5-14-11(9)16/h3,5,7H,4,6H2,1-2H3. The average molecular weight is 290 g/mol. The predicted octanol–water partition coefficient (Wildman–Crippen LogP) is 3.58. The number of pyridine rings is 1. The molecule has 3 nitrogen and oxygen atoms in total. The third kappa shape index (κ3) is 2.69. The molecule has 1 unspecified atom stereocenters. The first kappa shape index (κ1) is 13.0. The van der Waals surface area contributed by atoms with E-state index in [0.29, 0.717) is 16.2 Å². The maximum absolute atomic E-state index is 5.92. The zero-order valence-electron chi connectivity index (χ0n) is 9.65. The molecule has 0 fully saturated rings. The summed E-state index contributed by atoms with van der Waals surface area (Å²) in [6.07, 6.45) is 3.73. The van der Waals surface area contributed by atoms with Gasteiger partial charge in [0.2, 0.25) is 0 Å². The second-order valence-corrected chi connectivity index (χ2v) is 5.79. The first-order valence-electron chi connectivity index (χ1n) is 5.25. The van der Waals surface area contributed by atoms with Crippen LogP contribution in [0, 0.1) is 0 Å². The van der Waals surface area contributed by atoms with Crippen molar-refractivity contribution in [1.82, 2.24) is 14.5 Å². The number of fused-ring (bicyclic) bond motifs is 1. The van der Waals surface area contributed by atoms with Crippen molar-refractivity contribution in [1.29, 1.82) is 0 Å². The predicted molar refractivity (Wildman–Crippen MR) is 75.1 cm³/mol. The molecule has 0 aromatic carbocycles. The van der Waals surface area contributed by atoms with Crippen molar-refractivity contribution in [2.75, 3.05) is 6.26 Å². The van der Waals surface area contributed by atoms with Crippen LogP contribution in [0.4, 0.5) is 0 Å². The highest BCUT2D eigenvalue weighted by atomic mass is 35.5. The second kappa shape index (κ2) is 5.46. The van der Waals surface area contributed by atoms with E-state index in [4.69, 9.17) is 23.2 Å². The van der Waals surface area contributed by atoms with Crippen molar-refractivity contribution in [3.63, 3.8) is 0 Å². The molecule has 2 aromatic rings. The fraction of sp³-hybridized carbons (Fsp3) is 0.455. The number of halogens is 2. The van der Waals surface area contributed by atoms with Gasteiger partial charge in [0.1, 0.15) is 11.3 Å². The van der Waals surface area contributed by atoms with Gasteiger partial charge in [-0.3, -0.25) is 0 Å². The summed E-state index contributed by atoms with van der Waals surface area (Å²) in [5.74, 6) is 1.23. The van der Waals surface area contributed by atoms with Gasteiger partial charge in [-0.2, -0.15) is 11.8 Å². The molecule has 0 bridgehead atoms. The Morgan fingerprint density at radius 2 is 2.29 bits per heavy atom. The van der Waals surface area contributed by atoms with Gasteiger partial charge in [-0.25, -0.2) is 9.97 Å². The van der Waals surface area contributed by atoms with Crippen molar-refractivity contribution in [2.45, 2.75) is 24.6 Å². The summed E-state index contributed by atoms with van der Waals surface area (Å²) < 4.78 is 2.07. The Kier molecular flexibility index (Phi) is 4.17. The molecule has 2 rings (SSSR count). The highest BCUT2D eigenvalue weighted by Gasteiger charge is 2.13. The Morgan fingerprint density at radius 3 is 2.94 bits per heavy atom. The molecule has 0 radical (unpaired) electrons. The van der Waals surface area contributed by atoms with Gasteiger partial charge in [-0.1, -0.05) is 18.5 Å². The zero-order valence-corrected chi connectivity index (χ0v) is 12.0. The second-order valence-electron chi connectivity index (χ2n) is 3.81. The molecule has 0 aliphatic carbocycles. The minimum atomic E-state index is 0.384. The summed E-state index contributed by atoms with van der Waals surface area (Å²) in [5, 5.41) is 1.09. The fourth-order valence-corrected chi connectivity index (χ4v) is 2.31. The van der Waals surface area contributed by atoms with Gasteiger partial charge < -0.3 is 4.57 Å². The zero-order chi connectivity index (χ0) is 12.4. The number of rotatable bonds is 4. The smallest absolute Gasteiger partial charge is 0.160 e. The molecular formula is C11H13Cl2N3S. The lowest BCUT2D eigenvalue weighted by Crippen LogP contribution is -2.11. The first-order valence-corrected chi connectivity index (χ1v) is 7.45. The molecular weight excluding hydrogens is 277 g/mol. The molecule has 0 saturated heterocycles. The SMILES string of the molecule is CSC(C)Cn1c(CCl)nc2cc(Cl)cnc21. The minimum Gasteiger partial charge on any atom is -0.311 e. The number of hydrogen-bond acceptors (Lipinski definition) is 3. The highest BCUT2D eigenvalue weighted by Crippen LogP contribution is 2.21. The maximum atomic E-state index is 5.92. The molecule has 2 aromatic heterocycles. The maximum Gasteiger partial charge on any atom is 0.160 e. The molecule has 6 heteroatoms. The number of alkyl halides is 1. The van der Waals surface area contributed by atoms with Crippen LogP contribution >= 0.6 is 35.0 Å². The van der Waals surface area contributed by atoms with E-state index in [2.05, 4.69) is 27.7 Å². The van der Waals surface area contributed by atoms with E-state index in [1.807, 2.05) is 17.8 Å². The van der Waals surface area contributed by atoms with E-state index >= 15 is 0 Å². The monoisotopic (exact) mass is 289 g/mol. The van der Waals surface area contributed by atoms with Gasteiger partial charge >= 0.3 is 0 Å². The van der Waals surface area contributed by atoms with Crippen LogP contribution in [-0.2, 0) is 12.4 Å². The number of hydrogen-bond donors (Lipinski definition) is 0. The Hall–Kier alpha value is -0.450. The van der Waals surface area contributed by atoms with Gasteiger partial charge in [0.15, 0.2) is 5.65 Å². The number of imidazole rings is 1. The molecule has 92 valence electrons. The van der Waals surface area contributed by atoms with Crippen molar-refractivity contribution >= 4 is 46.1 Å². The molecule has 0 aliphatic rings. The third-order valence-corrected chi connectivity index (χ3v) is 3.99. The van der Waals surface area contributed by atoms with Crippen LogP contribution in [0.25, 0.3) is 11.2 Å². The van der Waals surface area contributed by atoms with E-state index in [0.717, 1.165) is 23.5 Å². The van der Waals surface area contributed by atoms with Crippen molar-refractivity contribution < 1.29 is 0 Å². The van der Waals surface area contributed by atoms with E-state index in [1.165, 1.54) is 0 Å². The van der Waals surface area contributed by atoms with Crippen LogP contribution < -0.4 is 0 Å². The Morgan fingerprint density at radius 1 is 1.53 bits per heavy atom. The Bertz CT molecular complexity index is 527. The molecule has 0 amide bonds. The summed E-state index contributed by atoms with van der Waals surface area (Å²) in [7, 11) is 0. The summed E-state index contributed by atoms with van der Waals surface area (Å²) in [5.41, 5.74) is 1.66. The van der Waals surface area contributed by atoms with Crippen LogP contribution in [0.1, 0.15) is 12.7 Å². The van der Waals surface area contributed by atoms with Gasteiger partial charge in [0.05, 0.1) is 10.9 Å². The quantitative estimate of drug-likeness (QED) is 0.806. The van der Waals surface area contributed by atoms with Gasteiger partial charge in [-0.15, -0.1) is 11.6 Å². The average Bonchev–Trinajstić information content (AvgIpc) is 2.66. The first-order chi connectivity index (χ1) is 8.15. The largest absolute Gasteiger partial charge is 0.311 e. The minimum absolute atomic E-state index is 0.384.